The third kappa shape index (κ3) is 2.88. The highest BCUT2D eigenvalue weighted by Gasteiger charge is 2.40. The second-order valence-corrected chi connectivity index (χ2v) is 6.78. The number of ether oxygens (including phenoxy) is 1. The Hall–Kier alpha value is 0.0100. The molecule has 3 unspecified atom stereocenters. The van der Waals surface area contributed by atoms with Gasteiger partial charge in [0, 0.05) is 24.4 Å². The third-order valence-corrected chi connectivity index (χ3v) is 5.52. The molecule has 2 saturated heterocycles. The van der Waals surface area contributed by atoms with Gasteiger partial charge < -0.3 is 10.1 Å². The Bertz CT molecular complexity index is 286. The molecule has 0 aromatic carbocycles. The Labute approximate surface area is 109 Å². The molecule has 1 spiro atoms. The van der Waals surface area contributed by atoms with Crippen LogP contribution in [0.15, 0.2) is 12.2 Å². The number of nitrogens with one attached hydrogen (secondary N) is 1. The van der Waals surface area contributed by atoms with Crippen molar-refractivity contribution in [3.05, 3.63) is 12.2 Å². The summed E-state index contributed by atoms with van der Waals surface area (Å²) in [4.78, 5) is 0. The first-order valence-electron chi connectivity index (χ1n) is 6.99. The van der Waals surface area contributed by atoms with Crippen molar-refractivity contribution in [2.24, 2.45) is 0 Å². The van der Waals surface area contributed by atoms with Crippen LogP contribution in [-0.2, 0) is 4.74 Å². The standard InChI is InChI=1S/C14H23NOS/c1-2-4-12(5-3-1)15-13-6-8-16-14(10-13)7-9-17-11-14/h1-2,12-13,15H,3-11H2. The molecule has 2 aliphatic heterocycles. The van der Waals surface area contributed by atoms with Crippen molar-refractivity contribution in [2.45, 2.75) is 56.2 Å². The fraction of sp³-hybridized carbons (Fsp3) is 0.857. The van der Waals surface area contributed by atoms with E-state index in [4.69, 9.17) is 4.74 Å². The van der Waals surface area contributed by atoms with E-state index in [-0.39, 0.29) is 5.60 Å². The molecule has 3 aliphatic rings. The van der Waals surface area contributed by atoms with Gasteiger partial charge in [-0.1, -0.05) is 12.2 Å². The van der Waals surface area contributed by atoms with Crippen molar-refractivity contribution in [1.82, 2.24) is 5.32 Å². The quantitative estimate of drug-likeness (QED) is 0.765. The SMILES string of the molecule is C1=CCC(NC2CCOC3(CCSC3)C2)CC1. The van der Waals surface area contributed by atoms with Crippen molar-refractivity contribution in [3.63, 3.8) is 0 Å². The minimum Gasteiger partial charge on any atom is -0.374 e. The van der Waals surface area contributed by atoms with Gasteiger partial charge in [-0.3, -0.25) is 0 Å². The Morgan fingerprint density at radius 3 is 3.00 bits per heavy atom. The summed E-state index contributed by atoms with van der Waals surface area (Å²) in [6.07, 6.45) is 12.1. The normalized spacial score (nSPS) is 42.1. The van der Waals surface area contributed by atoms with E-state index in [2.05, 4.69) is 29.2 Å². The van der Waals surface area contributed by atoms with E-state index in [1.54, 1.807) is 0 Å². The molecule has 1 aliphatic carbocycles. The molecule has 0 radical (unpaired) electrons. The van der Waals surface area contributed by atoms with Gasteiger partial charge in [0.05, 0.1) is 5.60 Å². The number of rotatable bonds is 2. The summed E-state index contributed by atoms with van der Waals surface area (Å²) in [5, 5.41) is 3.87. The monoisotopic (exact) mass is 253 g/mol. The van der Waals surface area contributed by atoms with Crippen molar-refractivity contribution >= 4 is 11.8 Å². The summed E-state index contributed by atoms with van der Waals surface area (Å²) < 4.78 is 6.07. The van der Waals surface area contributed by atoms with Crippen LogP contribution in [0.5, 0.6) is 0 Å². The predicted molar refractivity (Wildman–Crippen MR) is 73.6 cm³/mol. The third-order valence-electron chi connectivity index (χ3n) is 4.30. The molecular weight excluding hydrogens is 230 g/mol. The van der Waals surface area contributed by atoms with Gasteiger partial charge in [-0.25, -0.2) is 0 Å². The van der Waals surface area contributed by atoms with Crippen molar-refractivity contribution < 1.29 is 4.74 Å². The number of hydrogen-bond donors (Lipinski definition) is 1. The Morgan fingerprint density at radius 2 is 2.24 bits per heavy atom. The molecule has 2 fully saturated rings. The van der Waals surface area contributed by atoms with E-state index in [0.29, 0.717) is 12.1 Å². The van der Waals surface area contributed by atoms with Gasteiger partial charge >= 0.3 is 0 Å². The zero-order chi connectivity index (χ0) is 11.6. The zero-order valence-electron chi connectivity index (χ0n) is 10.5. The van der Waals surface area contributed by atoms with Crippen LogP contribution in [0.2, 0.25) is 0 Å². The fourth-order valence-electron chi connectivity index (χ4n) is 3.31. The van der Waals surface area contributed by atoms with Crippen molar-refractivity contribution in [3.8, 4) is 0 Å². The average Bonchev–Trinajstić information content (AvgIpc) is 2.79. The van der Waals surface area contributed by atoms with E-state index in [1.165, 1.54) is 50.0 Å². The summed E-state index contributed by atoms with van der Waals surface area (Å²) in [5.41, 5.74) is 0.227. The molecule has 17 heavy (non-hydrogen) atoms. The van der Waals surface area contributed by atoms with E-state index in [1.807, 2.05) is 0 Å². The van der Waals surface area contributed by atoms with Crippen LogP contribution in [0.1, 0.15) is 38.5 Å². The minimum atomic E-state index is 0.227. The summed E-state index contributed by atoms with van der Waals surface area (Å²) in [5.74, 6) is 2.51. The van der Waals surface area contributed by atoms with Gasteiger partial charge in [0.25, 0.3) is 0 Å². The first-order valence-corrected chi connectivity index (χ1v) is 8.15. The average molecular weight is 253 g/mol. The first kappa shape index (κ1) is 12.1. The van der Waals surface area contributed by atoms with Crippen LogP contribution in [0.4, 0.5) is 0 Å². The largest absolute Gasteiger partial charge is 0.374 e. The molecule has 2 nitrogen and oxygen atoms in total. The van der Waals surface area contributed by atoms with Crippen LogP contribution in [0.3, 0.4) is 0 Å². The van der Waals surface area contributed by atoms with Gasteiger partial charge in [0.1, 0.15) is 0 Å². The molecule has 3 heteroatoms. The predicted octanol–water partition coefficient (Wildman–Crippen LogP) is 2.74. The van der Waals surface area contributed by atoms with Gasteiger partial charge in [0.15, 0.2) is 0 Å². The highest BCUT2D eigenvalue weighted by atomic mass is 32.2. The Morgan fingerprint density at radius 1 is 1.24 bits per heavy atom. The van der Waals surface area contributed by atoms with Crippen molar-refractivity contribution in [2.75, 3.05) is 18.1 Å². The van der Waals surface area contributed by atoms with Gasteiger partial charge in [0.2, 0.25) is 0 Å². The Kier molecular flexibility index (Phi) is 3.78. The lowest BCUT2D eigenvalue weighted by Gasteiger charge is -2.39. The smallest absolute Gasteiger partial charge is 0.0795 e. The van der Waals surface area contributed by atoms with Crippen LogP contribution in [0.25, 0.3) is 0 Å². The topological polar surface area (TPSA) is 21.3 Å². The van der Waals surface area contributed by atoms with Gasteiger partial charge in [-0.05, 0) is 44.3 Å². The Balaban J connectivity index is 1.54. The molecular formula is C14H23NOS. The number of hydrogen-bond acceptors (Lipinski definition) is 3. The maximum Gasteiger partial charge on any atom is 0.0795 e. The fourth-order valence-corrected chi connectivity index (χ4v) is 4.69. The molecule has 0 bridgehead atoms. The van der Waals surface area contributed by atoms with Gasteiger partial charge in [-0.2, -0.15) is 11.8 Å². The highest BCUT2D eigenvalue weighted by Crippen LogP contribution is 2.38. The molecule has 0 saturated carbocycles. The van der Waals surface area contributed by atoms with E-state index in [0.717, 1.165) is 6.61 Å². The summed E-state index contributed by atoms with van der Waals surface area (Å²) in [6, 6.07) is 1.41. The maximum atomic E-state index is 6.07. The second-order valence-electron chi connectivity index (χ2n) is 5.67. The zero-order valence-corrected chi connectivity index (χ0v) is 11.3. The summed E-state index contributed by atoms with van der Waals surface area (Å²) in [7, 11) is 0. The minimum absolute atomic E-state index is 0.227. The second kappa shape index (κ2) is 5.33. The highest BCUT2D eigenvalue weighted by molar-refractivity contribution is 7.99. The molecule has 0 aromatic rings. The van der Waals surface area contributed by atoms with Gasteiger partial charge in [-0.15, -0.1) is 0 Å². The molecule has 3 rings (SSSR count). The van der Waals surface area contributed by atoms with Crippen LogP contribution in [-0.4, -0.2) is 35.8 Å². The molecule has 1 N–H and O–H groups in total. The first-order chi connectivity index (χ1) is 8.36. The van der Waals surface area contributed by atoms with Crippen molar-refractivity contribution in [1.29, 1.82) is 0 Å². The molecule has 3 atom stereocenters. The van der Waals surface area contributed by atoms with E-state index < -0.39 is 0 Å². The number of allylic oxidation sites excluding steroid dienone is 1. The van der Waals surface area contributed by atoms with E-state index in [9.17, 15) is 0 Å². The van der Waals surface area contributed by atoms with Crippen LogP contribution < -0.4 is 5.32 Å². The summed E-state index contributed by atoms with van der Waals surface area (Å²) >= 11 is 2.06. The number of thioether (sulfide) groups is 1. The molecule has 2 heterocycles. The lowest BCUT2D eigenvalue weighted by molar-refractivity contribution is -0.0714. The molecule has 0 aromatic heterocycles. The van der Waals surface area contributed by atoms with Crippen LogP contribution in [0, 0.1) is 0 Å². The van der Waals surface area contributed by atoms with E-state index >= 15 is 0 Å². The maximum absolute atomic E-state index is 6.07. The molecule has 96 valence electrons. The lowest BCUT2D eigenvalue weighted by Crippen LogP contribution is -2.50. The molecule has 0 amide bonds. The lowest BCUT2D eigenvalue weighted by atomic mass is 9.88. The van der Waals surface area contributed by atoms with Crippen LogP contribution >= 0.6 is 11.8 Å². The summed E-state index contributed by atoms with van der Waals surface area (Å²) in [6.45, 7) is 0.959.